The van der Waals surface area contributed by atoms with Crippen molar-refractivity contribution in [1.82, 2.24) is 14.9 Å². The lowest BCUT2D eigenvalue weighted by Crippen LogP contribution is -2.34. The molecule has 146 valence electrons. The van der Waals surface area contributed by atoms with Crippen LogP contribution in [0.15, 0.2) is 54.7 Å². The SMILES string of the molecule is CC(C)(C)[C@@H](NC=O)c1nc(-c2cccc(F)c2)cn1Cc1cccc(F)c1. The Balaban J connectivity index is 2.10. The highest BCUT2D eigenvalue weighted by Gasteiger charge is 2.30. The predicted molar refractivity (Wildman–Crippen MR) is 105 cm³/mol. The van der Waals surface area contributed by atoms with E-state index in [0.717, 1.165) is 5.56 Å². The van der Waals surface area contributed by atoms with E-state index >= 15 is 0 Å². The Morgan fingerprint density at radius 3 is 2.39 bits per heavy atom. The van der Waals surface area contributed by atoms with E-state index in [2.05, 4.69) is 5.32 Å². The Kier molecular flexibility index (Phi) is 5.58. The van der Waals surface area contributed by atoms with Crippen molar-refractivity contribution >= 4 is 6.41 Å². The van der Waals surface area contributed by atoms with Gasteiger partial charge in [-0.15, -0.1) is 0 Å². The Labute approximate surface area is 163 Å². The fraction of sp³-hybridized carbons (Fsp3) is 0.273. The highest BCUT2D eigenvalue weighted by Crippen LogP contribution is 2.34. The molecule has 0 fully saturated rings. The first-order valence-corrected chi connectivity index (χ1v) is 9.05. The van der Waals surface area contributed by atoms with E-state index < -0.39 is 0 Å². The molecule has 2 aromatic carbocycles. The van der Waals surface area contributed by atoms with Gasteiger partial charge in [0.05, 0.1) is 11.7 Å². The summed E-state index contributed by atoms with van der Waals surface area (Å²) in [5, 5.41) is 2.84. The van der Waals surface area contributed by atoms with Gasteiger partial charge in [0.2, 0.25) is 6.41 Å². The molecule has 3 rings (SSSR count). The summed E-state index contributed by atoms with van der Waals surface area (Å²) in [6.07, 6.45) is 2.46. The summed E-state index contributed by atoms with van der Waals surface area (Å²) in [4.78, 5) is 15.9. The number of amides is 1. The number of carbonyl (C=O) groups excluding carboxylic acids is 1. The second kappa shape index (κ2) is 7.92. The molecule has 0 aliphatic rings. The Morgan fingerprint density at radius 1 is 1.11 bits per heavy atom. The first kappa shape index (κ1) is 19.7. The molecule has 1 amide bonds. The molecule has 1 aromatic heterocycles. The molecule has 28 heavy (non-hydrogen) atoms. The maximum absolute atomic E-state index is 13.7. The zero-order chi connectivity index (χ0) is 20.3. The van der Waals surface area contributed by atoms with Crippen LogP contribution in [0.5, 0.6) is 0 Å². The molecule has 1 N–H and O–H groups in total. The maximum atomic E-state index is 13.7. The summed E-state index contributed by atoms with van der Waals surface area (Å²) in [5.74, 6) is -0.0388. The van der Waals surface area contributed by atoms with E-state index in [0.29, 0.717) is 30.0 Å². The minimum atomic E-state index is -0.374. The molecule has 3 aromatic rings. The van der Waals surface area contributed by atoms with Crippen LogP contribution >= 0.6 is 0 Å². The highest BCUT2D eigenvalue weighted by molar-refractivity contribution is 5.59. The van der Waals surface area contributed by atoms with Gasteiger partial charge in [-0.2, -0.15) is 0 Å². The Morgan fingerprint density at radius 2 is 1.79 bits per heavy atom. The van der Waals surface area contributed by atoms with Crippen LogP contribution in [0, 0.1) is 17.0 Å². The van der Waals surface area contributed by atoms with Gasteiger partial charge in [0, 0.05) is 18.3 Å². The lowest BCUT2D eigenvalue weighted by molar-refractivity contribution is -0.111. The zero-order valence-corrected chi connectivity index (χ0v) is 16.1. The Bertz CT molecular complexity index is 976. The van der Waals surface area contributed by atoms with Gasteiger partial charge in [-0.05, 0) is 35.2 Å². The fourth-order valence-corrected chi connectivity index (χ4v) is 3.19. The topological polar surface area (TPSA) is 46.9 Å². The smallest absolute Gasteiger partial charge is 0.207 e. The number of nitrogens with one attached hydrogen (secondary N) is 1. The molecular formula is C22H23F2N3O. The summed E-state index contributed by atoms with van der Waals surface area (Å²) < 4.78 is 29.2. The van der Waals surface area contributed by atoms with E-state index in [9.17, 15) is 13.6 Å². The Hall–Kier alpha value is -3.02. The maximum Gasteiger partial charge on any atom is 0.207 e. The third-order valence-electron chi connectivity index (χ3n) is 4.53. The third-order valence-corrected chi connectivity index (χ3v) is 4.53. The van der Waals surface area contributed by atoms with Gasteiger partial charge in [-0.25, -0.2) is 13.8 Å². The van der Waals surface area contributed by atoms with Crippen LogP contribution in [0.4, 0.5) is 8.78 Å². The quantitative estimate of drug-likeness (QED) is 0.627. The summed E-state index contributed by atoms with van der Waals surface area (Å²) in [6, 6.07) is 12.2. The largest absolute Gasteiger partial charge is 0.348 e. The standard InChI is InChI=1S/C22H23F2N3O/c1-22(2,3)20(25-14-28)21-26-19(16-7-5-9-18(24)11-16)13-27(21)12-15-6-4-8-17(23)10-15/h4-11,13-14,20H,12H2,1-3H3,(H,25,28)/t20-/m0/s1. The highest BCUT2D eigenvalue weighted by atomic mass is 19.1. The lowest BCUT2D eigenvalue weighted by Gasteiger charge is -2.30. The monoisotopic (exact) mass is 383 g/mol. The van der Waals surface area contributed by atoms with Crippen molar-refractivity contribution < 1.29 is 13.6 Å². The number of hydrogen-bond donors (Lipinski definition) is 1. The summed E-state index contributed by atoms with van der Waals surface area (Å²) in [6.45, 7) is 6.37. The molecular weight excluding hydrogens is 360 g/mol. The molecule has 0 aliphatic carbocycles. The van der Waals surface area contributed by atoms with Crippen molar-refractivity contribution in [3.63, 3.8) is 0 Å². The van der Waals surface area contributed by atoms with Crippen molar-refractivity contribution in [3.8, 4) is 11.3 Å². The van der Waals surface area contributed by atoms with Crippen molar-refractivity contribution in [2.75, 3.05) is 0 Å². The van der Waals surface area contributed by atoms with Crippen LogP contribution in [0.3, 0.4) is 0 Å². The number of aromatic nitrogens is 2. The molecule has 0 saturated heterocycles. The average Bonchev–Trinajstić information content (AvgIpc) is 3.02. The van der Waals surface area contributed by atoms with Crippen molar-refractivity contribution in [3.05, 3.63) is 77.8 Å². The van der Waals surface area contributed by atoms with Crippen LogP contribution < -0.4 is 5.32 Å². The van der Waals surface area contributed by atoms with Crippen LogP contribution in [0.1, 0.15) is 38.2 Å². The number of nitrogens with zero attached hydrogens (tertiary/aromatic N) is 2. The summed E-state index contributed by atoms with van der Waals surface area (Å²) >= 11 is 0. The van der Waals surface area contributed by atoms with Crippen LogP contribution in [-0.2, 0) is 11.3 Å². The normalized spacial score (nSPS) is 12.6. The minimum Gasteiger partial charge on any atom is -0.348 e. The van der Waals surface area contributed by atoms with Crippen molar-refractivity contribution in [1.29, 1.82) is 0 Å². The van der Waals surface area contributed by atoms with Gasteiger partial charge in [-0.1, -0.05) is 45.0 Å². The summed E-state index contributed by atoms with van der Waals surface area (Å²) in [5.41, 5.74) is 1.68. The first-order valence-electron chi connectivity index (χ1n) is 9.05. The van der Waals surface area contributed by atoms with Gasteiger partial charge in [0.25, 0.3) is 0 Å². The van der Waals surface area contributed by atoms with Gasteiger partial charge in [-0.3, -0.25) is 4.79 Å². The third kappa shape index (κ3) is 4.44. The molecule has 1 heterocycles. The second-order valence-electron chi connectivity index (χ2n) is 7.84. The molecule has 4 nitrogen and oxygen atoms in total. The number of halogens is 2. The fourth-order valence-electron chi connectivity index (χ4n) is 3.19. The molecule has 0 radical (unpaired) electrons. The predicted octanol–water partition coefficient (Wildman–Crippen LogP) is 4.71. The number of hydrogen-bond acceptors (Lipinski definition) is 2. The van der Waals surface area contributed by atoms with E-state index in [1.54, 1.807) is 24.4 Å². The van der Waals surface area contributed by atoms with Crippen LogP contribution in [0.25, 0.3) is 11.3 Å². The minimum absolute atomic E-state index is 0.314. The number of rotatable bonds is 6. The number of benzene rings is 2. The van der Waals surface area contributed by atoms with E-state index in [4.69, 9.17) is 4.98 Å². The molecule has 1 atom stereocenters. The zero-order valence-electron chi connectivity index (χ0n) is 16.1. The van der Waals surface area contributed by atoms with Crippen LogP contribution in [0.2, 0.25) is 0 Å². The summed E-state index contributed by atoms with van der Waals surface area (Å²) in [7, 11) is 0. The van der Waals surface area contributed by atoms with Gasteiger partial charge < -0.3 is 9.88 Å². The van der Waals surface area contributed by atoms with E-state index in [1.807, 2.05) is 31.4 Å². The molecule has 0 saturated carbocycles. The number of imidazole rings is 1. The molecule has 0 aliphatic heterocycles. The van der Waals surface area contributed by atoms with E-state index in [-0.39, 0.29) is 23.1 Å². The van der Waals surface area contributed by atoms with Crippen molar-refractivity contribution in [2.24, 2.45) is 5.41 Å². The molecule has 0 bridgehead atoms. The second-order valence-corrected chi connectivity index (χ2v) is 7.84. The lowest BCUT2D eigenvalue weighted by atomic mass is 9.86. The van der Waals surface area contributed by atoms with Gasteiger partial charge in [0.15, 0.2) is 0 Å². The van der Waals surface area contributed by atoms with Gasteiger partial charge in [0.1, 0.15) is 17.5 Å². The number of carbonyl (C=O) groups is 1. The molecule has 0 unspecified atom stereocenters. The first-order chi connectivity index (χ1) is 13.3. The van der Waals surface area contributed by atoms with Gasteiger partial charge >= 0.3 is 0 Å². The van der Waals surface area contributed by atoms with Crippen LogP contribution in [-0.4, -0.2) is 16.0 Å². The molecule has 6 heteroatoms. The average molecular weight is 383 g/mol. The van der Waals surface area contributed by atoms with Crippen molar-refractivity contribution in [2.45, 2.75) is 33.4 Å². The molecule has 0 spiro atoms. The van der Waals surface area contributed by atoms with E-state index in [1.165, 1.54) is 24.3 Å².